The van der Waals surface area contributed by atoms with E-state index in [2.05, 4.69) is 17.5 Å². The molecule has 0 aromatic rings. The van der Waals surface area contributed by atoms with Crippen molar-refractivity contribution in [2.75, 3.05) is 20.3 Å². The maximum absolute atomic E-state index is 4.95. The van der Waals surface area contributed by atoms with E-state index in [4.69, 9.17) is 4.74 Å². The Bertz CT molecular complexity index is 123. The van der Waals surface area contributed by atoms with Gasteiger partial charge in [0, 0.05) is 19.7 Å². The first kappa shape index (κ1) is 8.75. The van der Waals surface area contributed by atoms with Crippen molar-refractivity contribution in [3.05, 3.63) is 12.2 Å². The number of hydrogen-bond acceptors (Lipinski definition) is 2. The summed E-state index contributed by atoms with van der Waals surface area (Å²) in [6, 6.07) is 0.596. The van der Waals surface area contributed by atoms with E-state index in [1.54, 1.807) is 7.11 Å². The molecule has 0 bridgehead atoms. The smallest absolute Gasteiger partial charge is 0.0587 e. The van der Waals surface area contributed by atoms with Gasteiger partial charge in [0.15, 0.2) is 0 Å². The molecule has 1 unspecified atom stereocenters. The van der Waals surface area contributed by atoms with Crippen LogP contribution in [-0.4, -0.2) is 26.3 Å². The highest BCUT2D eigenvalue weighted by molar-refractivity contribution is 4.97. The van der Waals surface area contributed by atoms with Crippen LogP contribution in [0.4, 0.5) is 0 Å². The molecule has 2 nitrogen and oxygen atoms in total. The molecule has 64 valence electrons. The summed E-state index contributed by atoms with van der Waals surface area (Å²) in [6.45, 7) is 1.77. The second kappa shape index (κ2) is 5.33. The maximum atomic E-state index is 4.95. The molecule has 0 radical (unpaired) electrons. The van der Waals surface area contributed by atoms with Gasteiger partial charge < -0.3 is 10.1 Å². The van der Waals surface area contributed by atoms with Crippen LogP contribution in [0.2, 0.25) is 0 Å². The fourth-order valence-electron chi connectivity index (χ4n) is 1.33. The zero-order chi connectivity index (χ0) is 7.94. The van der Waals surface area contributed by atoms with Gasteiger partial charge in [-0.1, -0.05) is 12.2 Å². The molecule has 2 heteroatoms. The average molecular weight is 155 g/mol. The van der Waals surface area contributed by atoms with Crippen molar-refractivity contribution in [1.82, 2.24) is 5.32 Å². The van der Waals surface area contributed by atoms with E-state index in [1.165, 1.54) is 19.3 Å². The third-order valence-corrected chi connectivity index (χ3v) is 1.97. The van der Waals surface area contributed by atoms with Gasteiger partial charge in [0.1, 0.15) is 0 Å². The Balaban J connectivity index is 2.05. The standard InChI is InChI=1S/C9H17NO/c1-11-8-7-10-9-5-3-2-4-6-9/h3,5,9-10H,2,4,6-8H2,1H3. The van der Waals surface area contributed by atoms with Gasteiger partial charge in [-0.05, 0) is 19.3 Å². The van der Waals surface area contributed by atoms with Crippen LogP contribution in [0.3, 0.4) is 0 Å². The van der Waals surface area contributed by atoms with Gasteiger partial charge in [-0.25, -0.2) is 0 Å². The van der Waals surface area contributed by atoms with E-state index in [-0.39, 0.29) is 0 Å². The van der Waals surface area contributed by atoms with Crippen molar-refractivity contribution in [2.24, 2.45) is 0 Å². The topological polar surface area (TPSA) is 21.3 Å². The minimum absolute atomic E-state index is 0.596. The van der Waals surface area contributed by atoms with E-state index in [0.717, 1.165) is 13.2 Å². The summed E-state index contributed by atoms with van der Waals surface area (Å²) in [6.07, 6.45) is 8.37. The van der Waals surface area contributed by atoms with E-state index in [9.17, 15) is 0 Å². The van der Waals surface area contributed by atoms with Crippen LogP contribution in [-0.2, 0) is 4.74 Å². The van der Waals surface area contributed by atoms with Crippen molar-refractivity contribution in [3.8, 4) is 0 Å². The van der Waals surface area contributed by atoms with Crippen molar-refractivity contribution in [3.63, 3.8) is 0 Å². The molecule has 0 fully saturated rings. The first-order chi connectivity index (χ1) is 5.43. The lowest BCUT2D eigenvalue weighted by Gasteiger charge is -2.17. The van der Waals surface area contributed by atoms with Gasteiger partial charge in [-0.2, -0.15) is 0 Å². The molecule has 0 heterocycles. The normalized spacial score (nSPS) is 23.9. The van der Waals surface area contributed by atoms with E-state index in [1.807, 2.05) is 0 Å². The molecule has 1 aliphatic carbocycles. The lowest BCUT2D eigenvalue weighted by molar-refractivity contribution is 0.196. The number of nitrogens with one attached hydrogen (secondary N) is 1. The largest absolute Gasteiger partial charge is 0.383 e. The first-order valence-corrected chi connectivity index (χ1v) is 4.32. The Morgan fingerprint density at radius 3 is 3.18 bits per heavy atom. The Morgan fingerprint density at radius 2 is 2.55 bits per heavy atom. The van der Waals surface area contributed by atoms with Gasteiger partial charge in [0.25, 0.3) is 0 Å². The second-order valence-corrected chi connectivity index (χ2v) is 2.91. The van der Waals surface area contributed by atoms with Crippen LogP contribution < -0.4 is 5.32 Å². The third kappa shape index (κ3) is 3.54. The highest BCUT2D eigenvalue weighted by Crippen LogP contribution is 2.09. The summed E-state index contributed by atoms with van der Waals surface area (Å²) in [5.74, 6) is 0. The number of ether oxygens (including phenoxy) is 1. The predicted octanol–water partition coefficient (Wildman–Crippen LogP) is 1.33. The molecule has 0 aliphatic heterocycles. The Morgan fingerprint density at radius 1 is 1.64 bits per heavy atom. The van der Waals surface area contributed by atoms with Crippen LogP contribution in [0, 0.1) is 0 Å². The maximum Gasteiger partial charge on any atom is 0.0587 e. The molecule has 0 amide bonds. The summed E-state index contributed by atoms with van der Waals surface area (Å²) in [5.41, 5.74) is 0. The SMILES string of the molecule is COCCNC1C=CCCC1. The molecule has 0 spiro atoms. The number of rotatable bonds is 4. The molecule has 0 saturated heterocycles. The Kier molecular flexibility index (Phi) is 4.24. The highest BCUT2D eigenvalue weighted by atomic mass is 16.5. The van der Waals surface area contributed by atoms with Crippen LogP contribution in [0.5, 0.6) is 0 Å². The van der Waals surface area contributed by atoms with Gasteiger partial charge in [0.05, 0.1) is 6.61 Å². The molecule has 0 aromatic heterocycles. The lowest BCUT2D eigenvalue weighted by Crippen LogP contribution is -2.31. The van der Waals surface area contributed by atoms with Gasteiger partial charge in [0.2, 0.25) is 0 Å². The Labute approximate surface area is 68.6 Å². The summed E-state index contributed by atoms with van der Waals surface area (Å²) >= 11 is 0. The van der Waals surface area contributed by atoms with E-state index < -0.39 is 0 Å². The summed E-state index contributed by atoms with van der Waals surface area (Å²) in [7, 11) is 1.73. The first-order valence-electron chi connectivity index (χ1n) is 4.32. The molecule has 1 aliphatic rings. The minimum atomic E-state index is 0.596. The van der Waals surface area contributed by atoms with E-state index in [0.29, 0.717) is 6.04 Å². The summed E-state index contributed by atoms with van der Waals surface area (Å²) < 4.78 is 4.95. The molecular formula is C9H17NO. The average Bonchev–Trinajstić information content (AvgIpc) is 2.07. The van der Waals surface area contributed by atoms with Crippen molar-refractivity contribution < 1.29 is 4.74 Å². The predicted molar refractivity (Wildman–Crippen MR) is 46.7 cm³/mol. The fraction of sp³-hybridized carbons (Fsp3) is 0.778. The van der Waals surface area contributed by atoms with Gasteiger partial charge >= 0.3 is 0 Å². The zero-order valence-electron chi connectivity index (χ0n) is 7.18. The monoisotopic (exact) mass is 155 g/mol. The minimum Gasteiger partial charge on any atom is -0.383 e. The van der Waals surface area contributed by atoms with Crippen molar-refractivity contribution >= 4 is 0 Å². The molecule has 1 rings (SSSR count). The number of hydrogen-bond donors (Lipinski definition) is 1. The van der Waals surface area contributed by atoms with Crippen LogP contribution in [0.25, 0.3) is 0 Å². The van der Waals surface area contributed by atoms with Crippen molar-refractivity contribution in [1.29, 1.82) is 0 Å². The molecular weight excluding hydrogens is 138 g/mol. The third-order valence-electron chi connectivity index (χ3n) is 1.97. The van der Waals surface area contributed by atoms with Crippen molar-refractivity contribution in [2.45, 2.75) is 25.3 Å². The molecule has 1 atom stereocenters. The number of methoxy groups -OCH3 is 1. The summed E-state index contributed by atoms with van der Waals surface area (Å²) in [5, 5.41) is 3.41. The molecule has 0 aromatic carbocycles. The number of allylic oxidation sites excluding steroid dienone is 1. The van der Waals surface area contributed by atoms with Gasteiger partial charge in [-0.15, -0.1) is 0 Å². The highest BCUT2D eigenvalue weighted by Gasteiger charge is 2.05. The van der Waals surface area contributed by atoms with E-state index >= 15 is 0 Å². The fourth-order valence-corrected chi connectivity index (χ4v) is 1.33. The molecule has 11 heavy (non-hydrogen) atoms. The second-order valence-electron chi connectivity index (χ2n) is 2.91. The van der Waals surface area contributed by atoms with Crippen LogP contribution in [0.15, 0.2) is 12.2 Å². The zero-order valence-corrected chi connectivity index (χ0v) is 7.18. The van der Waals surface area contributed by atoms with Gasteiger partial charge in [-0.3, -0.25) is 0 Å². The van der Waals surface area contributed by atoms with Crippen LogP contribution in [0.1, 0.15) is 19.3 Å². The quantitative estimate of drug-likeness (QED) is 0.488. The molecule has 0 saturated carbocycles. The lowest BCUT2D eigenvalue weighted by atomic mass is 10.0. The Hall–Kier alpha value is -0.340. The van der Waals surface area contributed by atoms with Crippen LogP contribution >= 0.6 is 0 Å². The molecule has 1 N–H and O–H groups in total. The summed E-state index contributed by atoms with van der Waals surface area (Å²) in [4.78, 5) is 0.